The number of hydrogen-bond donors (Lipinski definition) is 2. The number of benzene rings is 1. The summed E-state index contributed by atoms with van der Waals surface area (Å²) in [6, 6.07) is 4.37. The van der Waals surface area contributed by atoms with Gasteiger partial charge in [-0.25, -0.2) is 9.18 Å². The molecule has 1 saturated heterocycles. The lowest BCUT2D eigenvalue weighted by Gasteiger charge is -2.14. The van der Waals surface area contributed by atoms with E-state index in [4.69, 9.17) is 4.74 Å². The molecule has 0 unspecified atom stereocenters. The third kappa shape index (κ3) is 3.12. The second kappa shape index (κ2) is 6.03. The van der Waals surface area contributed by atoms with Crippen molar-refractivity contribution in [2.45, 2.75) is 13.0 Å². The predicted molar refractivity (Wildman–Crippen MR) is 78.1 cm³/mol. The van der Waals surface area contributed by atoms with Crippen LogP contribution in [-0.2, 0) is 9.53 Å². The van der Waals surface area contributed by atoms with Crippen LogP contribution >= 0.6 is 0 Å². The molecule has 0 aliphatic carbocycles. The number of nitrogens with one attached hydrogen (secondary N) is 2. The van der Waals surface area contributed by atoms with Crippen molar-refractivity contribution in [3.8, 4) is 11.3 Å². The Balaban J connectivity index is 1.76. The van der Waals surface area contributed by atoms with E-state index in [2.05, 4.69) is 20.7 Å². The van der Waals surface area contributed by atoms with Crippen LogP contribution in [0, 0.1) is 5.82 Å². The van der Waals surface area contributed by atoms with Gasteiger partial charge in [-0.1, -0.05) is 0 Å². The normalized spacial score (nSPS) is 17.2. The summed E-state index contributed by atoms with van der Waals surface area (Å²) in [5, 5.41) is 12.5. The van der Waals surface area contributed by atoms with Crippen molar-refractivity contribution >= 4 is 17.7 Å². The number of halogens is 1. The van der Waals surface area contributed by atoms with Gasteiger partial charge in [-0.3, -0.25) is 9.69 Å². The average molecular weight is 319 g/mol. The highest BCUT2D eigenvalue weighted by Gasteiger charge is 2.32. The number of carbonyl (C=O) groups is 2. The molecular weight excluding hydrogens is 305 g/mol. The number of aromatic amines is 1. The molecule has 1 aromatic heterocycles. The van der Waals surface area contributed by atoms with Gasteiger partial charge in [-0.05, 0) is 18.2 Å². The van der Waals surface area contributed by atoms with E-state index in [9.17, 15) is 14.0 Å². The Bertz CT molecular complexity index is 734. The summed E-state index contributed by atoms with van der Waals surface area (Å²) in [7, 11) is 0. The van der Waals surface area contributed by atoms with Gasteiger partial charge in [0, 0.05) is 12.5 Å². The van der Waals surface area contributed by atoms with Crippen molar-refractivity contribution in [2.24, 2.45) is 0 Å². The second-order valence-corrected chi connectivity index (χ2v) is 5.07. The van der Waals surface area contributed by atoms with E-state index in [1.165, 1.54) is 30.2 Å². The van der Waals surface area contributed by atoms with E-state index in [1.807, 2.05) is 0 Å². The smallest absolute Gasteiger partial charge is 0.414 e. The first kappa shape index (κ1) is 14.9. The number of anilines is 1. The molecule has 2 amide bonds. The van der Waals surface area contributed by atoms with Crippen LogP contribution < -0.4 is 10.2 Å². The summed E-state index contributed by atoms with van der Waals surface area (Å²) in [5.41, 5.74) is 1.04. The minimum atomic E-state index is -0.575. The Labute approximate surface area is 130 Å². The zero-order chi connectivity index (χ0) is 16.4. The summed E-state index contributed by atoms with van der Waals surface area (Å²) in [6.07, 6.45) is 0.365. The quantitative estimate of drug-likeness (QED) is 0.878. The maximum atomic E-state index is 14.2. The van der Waals surface area contributed by atoms with Crippen LogP contribution in [0.3, 0.4) is 0 Å². The highest BCUT2D eigenvalue weighted by atomic mass is 19.1. The average Bonchev–Trinajstić information content (AvgIpc) is 3.14. The summed E-state index contributed by atoms with van der Waals surface area (Å²) >= 11 is 0. The monoisotopic (exact) mass is 319 g/mol. The molecule has 23 heavy (non-hydrogen) atoms. The molecule has 0 radical (unpaired) electrons. The first-order valence-electron chi connectivity index (χ1n) is 6.93. The number of nitrogens with zero attached hydrogens (tertiary/aromatic N) is 3. The van der Waals surface area contributed by atoms with Crippen LogP contribution in [0.15, 0.2) is 24.4 Å². The van der Waals surface area contributed by atoms with Crippen molar-refractivity contribution in [3.05, 3.63) is 30.2 Å². The van der Waals surface area contributed by atoms with Crippen molar-refractivity contribution in [2.75, 3.05) is 18.0 Å². The summed E-state index contributed by atoms with van der Waals surface area (Å²) in [4.78, 5) is 24.1. The molecule has 0 saturated carbocycles. The van der Waals surface area contributed by atoms with Gasteiger partial charge in [-0.15, -0.1) is 0 Å². The second-order valence-electron chi connectivity index (χ2n) is 5.07. The van der Waals surface area contributed by atoms with Crippen molar-refractivity contribution < 1.29 is 18.7 Å². The number of aromatic nitrogens is 3. The van der Waals surface area contributed by atoms with Crippen LogP contribution in [0.2, 0.25) is 0 Å². The van der Waals surface area contributed by atoms with Crippen molar-refractivity contribution in [1.82, 2.24) is 20.7 Å². The Morgan fingerprint density at radius 1 is 1.57 bits per heavy atom. The summed E-state index contributed by atoms with van der Waals surface area (Å²) < 4.78 is 19.4. The molecule has 0 spiro atoms. The van der Waals surface area contributed by atoms with Gasteiger partial charge in [0.2, 0.25) is 5.91 Å². The molecule has 2 N–H and O–H groups in total. The maximum Gasteiger partial charge on any atom is 0.414 e. The first-order valence-corrected chi connectivity index (χ1v) is 6.93. The van der Waals surface area contributed by atoms with Gasteiger partial charge in [0.15, 0.2) is 0 Å². The molecule has 1 fully saturated rings. The number of H-pyrrole nitrogens is 1. The zero-order valence-corrected chi connectivity index (χ0v) is 12.2. The molecule has 2 heterocycles. The van der Waals surface area contributed by atoms with Crippen LogP contribution in [0.5, 0.6) is 0 Å². The third-order valence-corrected chi connectivity index (χ3v) is 3.41. The van der Waals surface area contributed by atoms with E-state index in [0.29, 0.717) is 11.4 Å². The molecule has 120 valence electrons. The van der Waals surface area contributed by atoms with Crippen LogP contribution in [0.25, 0.3) is 11.3 Å². The SMILES string of the molecule is CC(=O)NC[C@H]1CN(c2ccc(-c3cn[nH]n3)c(F)c2)C(=O)O1. The predicted octanol–water partition coefficient (Wildman–Crippen LogP) is 1.07. The highest BCUT2D eigenvalue weighted by Crippen LogP contribution is 2.27. The molecular formula is C14H14FN5O3. The Hall–Kier alpha value is -2.97. The van der Waals surface area contributed by atoms with E-state index in [0.717, 1.165) is 0 Å². The molecule has 8 nitrogen and oxygen atoms in total. The number of ether oxygens (including phenoxy) is 1. The van der Waals surface area contributed by atoms with Gasteiger partial charge >= 0.3 is 6.09 Å². The van der Waals surface area contributed by atoms with Gasteiger partial charge in [0.05, 0.1) is 25.0 Å². The fourth-order valence-electron chi connectivity index (χ4n) is 2.31. The van der Waals surface area contributed by atoms with E-state index >= 15 is 0 Å². The van der Waals surface area contributed by atoms with Crippen LogP contribution in [0.1, 0.15) is 6.92 Å². The lowest BCUT2D eigenvalue weighted by Crippen LogP contribution is -2.33. The molecule has 1 aromatic carbocycles. The fraction of sp³-hybridized carbons (Fsp3) is 0.286. The number of rotatable bonds is 4. The minimum absolute atomic E-state index is 0.206. The Kier molecular flexibility index (Phi) is 3.92. The van der Waals surface area contributed by atoms with Gasteiger partial charge in [-0.2, -0.15) is 15.4 Å². The van der Waals surface area contributed by atoms with Crippen LogP contribution in [-0.4, -0.2) is 46.6 Å². The van der Waals surface area contributed by atoms with Gasteiger partial charge < -0.3 is 10.1 Å². The Morgan fingerprint density at radius 2 is 2.39 bits per heavy atom. The van der Waals surface area contributed by atoms with E-state index < -0.39 is 18.0 Å². The highest BCUT2D eigenvalue weighted by molar-refractivity contribution is 5.90. The molecule has 9 heteroatoms. The topological polar surface area (TPSA) is 100 Å². The van der Waals surface area contributed by atoms with E-state index in [1.54, 1.807) is 6.07 Å². The van der Waals surface area contributed by atoms with Crippen molar-refractivity contribution in [1.29, 1.82) is 0 Å². The summed E-state index contributed by atoms with van der Waals surface area (Å²) in [6.45, 7) is 1.84. The summed E-state index contributed by atoms with van der Waals surface area (Å²) in [5.74, 6) is -0.725. The lowest BCUT2D eigenvalue weighted by atomic mass is 10.1. The molecule has 1 aliphatic heterocycles. The standard InChI is InChI=1S/C14H14FN5O3/c1-8(21)16-5-10-7-20(14(22)23-10)9-2-3-11(12(15)4-9)13-6-17-19-18-13/h2-4,6,10H,5,7H2,1H3,(H,16,21)(H,17,18,19)/t10-/m0/s1. The van der Waals surface area contributed by atoms with Gasteiger partial charge in [0.1, 0.15) is 17.6 Å². The molecule has 2 aromatic rings. The number of amides is 2. The minimum Gasteiger partial charge on any atom is -0.442 e. The molecule has 0 bridgehead atoms. The first-order chi connectivity index (χ1) is 11.0. The number of carbonyl (C=O) groups excluding carboxylic acids is 2. The maximum absolute atomic E-state index is 14.2. The largest absolute Gasteiger partial charge is 0.442 e. The Morgan fingerprint density at radius 3 is 3.04 bits per heavy atom. The zero-order valence-electron chi connectivity index (χ0n) is 12.2. The third-order valence-electron chi connectivity index (χ3n) is 3.41. The van der Waals surface area contributed by atoms with Gasteiger partial charge in [0.25, 0.3) is 0 Å². The number of hydrogen-bond acceptors (Lipinski definition) is 5. The molecule has 1 atom stereocenters. The number of cyclic esters (lactones) is 1. The molecule has 1 aliphatic rings. The fourth-order valence-corrected chi connectivity index (χ4v) is 2.31. The van der Waals surface area contributed by atoms with E-state index in [-0.39, 0.29) is 24.6 Å². The van der Waals surface area contributed by atoms with Crippen LogP contribution in [0.4, 0.5) is 14.9 Å². The lowest BCUT2D eigenvalue weighted by molar-refractivity contribution is -0.119. The van der Waals surface area contributed by atoms with Crippen molar-refractivity contribution in [3.63, 3.8) is 0 Å². The molecule has 3 rings (SSSR count).